The van der Waals surface area contributed by atoms with Crippen LogP contribution in [0.3, 0.4) is 0 Å². The highest BCUT2D eigenvalue weighted by Crippen LogP contribution is 2.22. The van der Waals surface area contributed by atoms with Gasteiger partial charge >= 0.3 is 5.97 Å². The number of fused-ring (bicyclic) bond motifs is 1. The maximum Gasteiger partial charge on any atom is 0.344 e. The Labute approximate surface area is 161 Å². The normalized spacial score (nSPS) is 10.6. The van der Waals surface area contributed by atoms with Gasteiger partial charge in [0, 0.05) is 23.6 Å². The molecule has 0 aliphatic carbocycles. The fourth-order valence-electron chi connectivity index (χ4n) is 2.61. The van der Waals surface area contributed by atoms with Gasteiger partial charge in [-0.05, 0) is 30.2 Å². The molecule has 0 saturated heterocycles. The summed E-state index contributed by atoms with van der Waals surface area (Å²) in [5.41, 5.74) is 2.18. The number of amides is 1. The summed E-state index contributed by atoms with van der Waals surface area (Å²) >= 11 is 5.93. The number of nitrogens with one attached hydrogen (secondary N) is 2. The summed E-state index contributed by atoms with van der Waals surface area (Å²) < 4.78 is 10.2. The summed E-state index contributed by atoms with van der Waals surface area (Å²) in [6, 6.07) is 14.8. The molecule has 6 nitrogen and oxygen atoms in total. The zero-order chi connectivity index (χ0) is 19.1. The van der Waals surface area contributed by atoms with Crippen LogP contribution in [0.1, 0.15) is 5.56 Å². The maximum absolute atomic E-state index is 11.8. The monoisotopic (exact) mass is 386 g/mol. The fraction of sp³-hybridized carbons (Fsp3) is 0.200. The van der Waals surface area contributed by atoms with Gasteiger partial charge < -0.3 is 19.8 Å². The molecule has 3 rings (SSSR count). The maximum atomic E-state index is 11.8. The summed E-state index contributed by atoms with van der Waals surface area (Å²) in [6.07, 6.45) is 2.61. The third-order valence-corrected chi connectivity index (χ3v) is 4.25. The summed E-state index contributed by atoms with van der Waals surface area (Å²) in [6.45, 7) is -0.209. The van der Waals surface area contributed by atoms with E-state index >= 15 is 0 Å². The van der Waals surface area contributed by atoms with Crippen LogP contribution in [0.2, 0.25) is 5.02 Å². The number of hydrogen-bond donors (Lipinski definition) is 2. The standard InChI is InChI=1S/C20H19ClN2O4/c21-16-6-2-4-8-18(16)26-13-20(25)27-12-19(24)22-10-9-14-11-23-17-7-3-1-5-15(14)17/h1-8,11,23H,9-10,12-13H2,(H,22,24). The summed E-state index contributed by atoms with van der Waals surface area (Å²) in [5.74, 6) is -0.609. The van der Waals surface area contributed by atoms with Gasteiger partial charge in [-0.3, -0.25) is 4.79 Å². The van der Waals surface area contributed by atoms with Crippen molar-refractivity contribution in [3.8, 4) is 5.75 Å². The lowest BCUT2D eigenvalue weighted by atomic mass is 10.1. The number of para-hydroxylation sites is 2. The van der Waals surface area contributed by atoms with E-state index in [1.54, 1.807) is 24.3 Å². The molecule has 0 aliphatic heterocycles. The van der Waals surface area contributed by atoms with Gasteiger partial charge in [0.2, 0.25) is 0 Å². The van der Waals surface area contributed by atoms with Crippen LogP contribution in [0.5, 0.6) is 5.75 Å². The first-order valence-electron chi connectivity index (χ1n) is 8.48. The van der Waals surface area contributed by atoms with Crippen LogP contribution in [0.4, 0.5) is 0 Å². The molecule has 27 heavy (non-hydrogen) atoms. The number of aromatic amines is 1. The molecule has 0 fully saturated rings. The van der Waals surface area contributed by atoms with Gasteiger partial charge in [0.25, 0.3) is 5.91 Å². The number of esters is 1. The van der Waals surface area contributed by atoms with Crippen molar-refractivity contribution in [2.45, 2.75) is 6.42 Å². The minimum Gasteiger partial charge on any atom is -0.480 e. The molecule has 0 radical (unpaired) electrons. The molecule has 0 unspecified atom stereocenters. The number of ether oxygens (including phenoxy) is 2. The van der Waals surface area contributed by atoms with Crippen molar-refractivity contribution >= 4 is 34.4 Å². The minimum absolute atomic E-state index is 0.313. The third-order valence-electron chi connectivity index (χ3n) is 3.94. The summed E-state index contributed by atoms with van der Waals surface area (Å²) in [5, 5.41) is 4.27. The largest absolute Gasteiger partial charge is 0.480 e. The Morgan fingerprint density at radius 2 is 1.81 bits per heavy atom. The van der Waals surface area contributed by atoms with Gasteiger partial charge in [0.15, 0.2) is 13.2 Å². The number of carbonyl (C=O) groups excluding carboxylic acids is 2. The molecule has 1 heterocycles. The van der Waals surface area contributed by atoms with Gasteiger partial charge in [-0.1, -0.05) is 41.9 Å². The lowest BCUT2D eigenvalue weighted by molar-refractivity contribution is -0.150. The van der Waals surface area contributed by atoms with Crippen LogP contribution in [0.25, 0.3) is 10.9 Å². The predicted molar refractivity (Wildman–Crippen MR) is 103 cm³/mol. The molecule has 0 bridgehead atoms. The molecule has 1 amide bonds. The van der Waals surface area contributed by atoms with Crippen molar-refractivity contribution in [3.05, 3.63) is 65.3 Å². The van der Waals surface area contributed by atoms with E-state index in [1.807, 2.05) is 30.5 Å². The van der Waals surface area contributed by atoms with Crippen LogP contribution >= 0.6 is 11.6 Å². The Morgan fingerprint density at radius 1 is 1.04 bits per heavy atom. The first-order valence-corrected chi connectivity index (χ1v) is 8.86. The van der Waals surface area contributed by atoms with Crippen molar-refractivity contribution in [2.75, 3.05) is 19.8 Å². The summed E-state index contributed by atoms with van der Waals surface area (Å²) in [7, 11) is 0. The molecular weight excluding hydrogens is 368 g/mol. The number of carbonyl (C=O) groups is 2. The van der Waals surface area contributed by atoms with Crippen LogP contribution in [0.15, 0.2) is 54.7 Å². The SMILES string of the molecule is O=C(COC(=O)COc1ccccc1Cl)NCCc1c[nH]c2ccccc12. The van der Waals surface area contributed by atoms with Crippen LogP contribution < -0.4 is 10.1 Å². The second-order valence-corrected chi connectivity index (χ2v) is 6.25. The average molecular weight is 387 g/mol. The van der Waals surface area contributed by atoms with E-state index in [1.165, 1.54) is 0 Å². The van der Waals surface area contributed by atoms with Crippen molar-refractivity contribution in [3.63, 3.8) is 0 Å². The molecule has 0 spiro atoms. The lowest BCUT2D eigenvalue weighted by Crippen LogP contribution is -2.31. The molecule has 2 N–H and O–H groups in total. The Kier molecular flexibility index (Phi) is 6.33. The molecule has 0 atom stereocenters. The topological polar surface area (TPSA) is 80.4 Å². The number of benzene rings is 2. The van der Waals surface area contributed by atoms with Crippen LogP contribution in [0, 0.1) is 0 Å². The molecule has 0 saturated carbocycles. The smallest absolute Gasteiger partial charge is 0.344 e. The molecule has 1 aromatic heterocycles. The van der Waals surface area contributed by atoms with Crippen LogP contribution in [-0.2, 0) is 20.7 Å². The molecule has 140 valence electrons. The van der Waals surface area contributed by atoms with E-state index in [9.17, 15) is 9.59 Å². The number of H-pyrrole nitrogens is 1. The van der Waals surface area contributed by atoms with E-state index in [-0.39, 0.29) is 19.1 Å². The zero-order valence-corrected chi connectivity index (χ0v) is 15.3. The van der Waals surface area contributed by atoms with Crippen LogP contribution in [-0.4, -0.2) is 36.6 Å². The average Bonchev–Trinajstić information content (AvgIpc) is 3.09. The molecule has 7 heteroatoms. The first-order chi connectivity index (χ1) is 13.1. The molecule has 0 aliphatic rings. The minimum atomic E-state index is -0.637. The van der Waals surface area contributed by atoms with E-state index in [0.29, 0.717) is 23.7 Å². The molecular formula is C20H19ClN2O4. The van der Waals surface area contributed by atoms with Crippen molar-refractivity contribution in [1.29, 1.82) is 0 Å². The number of rotatable bonds is 8. The van der Waals surface area contributed by atoms with Gasteiger partial charge in [-0.15, -0.1) is 0 Å². The highest BCUT2D eigenvalue weighted by Gasteiger charge is 2.10. The second-order valence-electron chi connectivity index (χ2n) is 5.84. The van der Waals surface area contributed by atoms with Gasteiger partial charge in [0.1, 0.15) is 5.75 Å². The van der Waals surface area contributed by atoms with Gasteiger partial charge in [-0.2, -0.15) is 0 Å². The fourth-order valence-corrected chi connectivity index (χ4v) is 2.80. The van der Waals surface area contributed by atoms with E-state index in [4.69, 9.17) is 21.1 Å². The number of halogens is 1. The lowest BCUT2D eigenvalue weighted by Gasteiger charge is -2.08. The number of hydrogen-bond acceptors (Lipinski definition) is 4. The van der Waals surface area contributed by atoms with Gasteiger partial charge in [-0.25, -0.2) is 4.79 Å². The molecule has 3 aromatic rings. The zero-order valence-electron chi connectivity index (χ0n) is 14.5. The van der Waals surface area contributed by atoms with Crippen molar-refractivity contribution in [2.24, 2.45) is 0 Å². The highest BCUT2D eigenvalue weighted by atomic mass is 35.5. The predicted octanol–water partition coefficient (Wildman–Crippen LogP) is 3.10. The third kappa shape index (κ3) is 5.24. The Morgan fingerprint density at radius 3 is 2.67 bits per heavy atom. The number of aromatic nitrogens is 1. The Balaban J connectivity index is 1.36. The Hall–Kier alpha value is -2.99. The van der Waals surface area contributed by atoms with E-state index in [2.05, 4.69) is 10.3 Å². The summed E-state index contributed by atoms with van der Waals surface area (Å²) in [4.78, 5) is 26.7. The first kappa shape index (κ1) is 18.8. The quantitative estimate of drug-likeness (QED) is 0.583. The van der Waals surface area contributed by atoms with Crippen molar-refractivity contribution in [1.82, 2.24) is 10.3 Å². The van der Waals surface area contributed by atoms with E-state index < -0.39 is 5.97 Å². The highest BCUT2D eigenvalue weighted by molar-refractivity contribution is 6.32. The molecule has 2 aromatic carbocycles. The van der Waals surface area contributed by atoms with Crippen molar-refractivity contribution < 1.29 is 19.1 Å². The van der Waals surface area contributed by atoms with E-state index in [0.717, 1.165) is 16.5 Å². The Bertz CT molecular complexity index is 938. The second kappa shape index (κ2) is 9.09. The van der Waals surface area contributed by atoms with Gasteiger partial charge in [0.05, 0.1) is 5.02 Å².